The summed E-state index contributed by atoms with van der Waals surface area (Å²) >= 11 is 0. The van der Waals surface area contributed by atoms with Gasteiger partial charge in [-0.2, -0.15) is 0 Å². The van der Waals surface area contributed by atoms with Gasteiger partial charge in [0, 0.05) is 129 Å². The van der Waals surface area contributed by atoms with Crippen LogP contribution in [0.15, 0.2) is 461 Å². The fourth-order valence-corrected chi connectivity index (χ4v) is 18.7. The van der Waals surface area contributed by atoms with Crippen LogP contribution in [0.5, 0.6) is 0 Å². The minimum atomic E-state index is 0.564. The van der Waals surface area contributed by atoms with Crippen LogP contribution in [0.25, 0.3) is 236 Å². The van der Waals surface area contributed by atoms with Gasteiger partial charge in [-0.05, 0) is 140 Å². The maximum atomic E-state index is 5.43. The maximum absolute atomic E-state index is 5.43. The molecule has 16 nitrogen and oxygen atoms in total. The Kier molecular flexibility index (Phi) is 26.1. The molecule has 0 saturated carbocycles. The topological polar surface area (TPSA) is 206 Å². The summed E-state index contributed by atoms with van der Waals surface area (Å²) < 4.78 is 0. The molecule has 0 saturated heterocycles. The Morgan fingerprint density at radius 1 is 0.116 bits per heavy atom. The number of hydrogen-bond acceptors (Lipinski definition) is 16. The largest absolute Gasteiger partial charge is 0.258 e. The first-order valence-corrected chi connectivity index (χ1v) is 48.6. The zero-order chi connectivity index (χ0) is 98.8. The molecule has 0 bridgehead atoms. The van der Waals surface area contributed by atoms with Gasteiger partial charge in [-0.15, -0.1) is 0 Å². The second-order valence-corrected chi connectivity index (χ2v) is 35.7. The van der Waals surface area contributed by atoms with E-state index in [0.717, 1.165) is 180 Å². The molecule has 24 rings (SSSR count). The van der Waals surface area contributed by atoms with Gasteiger partial charge >= 0.3 is 0 Å². The number of fused-ring (bicyclic) bond motifs is 2. The van der Waals surface area contributed by atoms with Crippen molar-refractivity contribution in [3.8, 4) is 215 Å². The fraction of sp³-hybridized carbons (Fsp3) is 0.0462. The van der Waals surface area contributed by atoms with E-state index >= 15 is 0 Å². The van der Waals surface area contributed by atoms with Crippen LogP contribution >= 0.6 is 0 Å². The molecule has 16 heteroatoms. The summed E-state index contributed by atoms with van der Waals surface area (Å²) in [6.07, 6.45) is 0. The zero-order valence-corrected chi connectivity index (χ0v) is 81.0. The van der Waals surface area contributed by atoms with Crippen LogP contribution in [0.4, 0.5) is 0 Å². The van der Waals surface area contributed by atoms with Crippen LogP contribution in [-0.2, 0) is 0 Å². The first-order chi connectivity index (χ1) is 71.8. The molecular weight excluding hydrogens is 1790 g/mol. The molecule has 0 unspecified atom stereocenters. The smallest absolute Gasteiger partial charge is 0.165 e. The van der Waals surface area contributed by atoms with Gasteiger partial charge in [0.1, 0.15) is 0 Å². The van der Waals surface area contributed by atoms with Gasteiger partial charge < -0.3 is 0 Å². The van der Waals surface area contributed by atoms with Crippen molar-refractivity contribution in [2.24, 2.45) is 0 Å². The predicted molar refractivity (Wildman–Crippen MR) is 591 cm³/mol. The average molecular weight is 1880 g/mol. The van der Waals surface area contributed by atoms with E-state index in [-0.39, 0.29) is 0 Å². The van der Waals surface area contributed by atoms with Crippen LogP contribution in [-0.4, -0.2) is 79.7 Å². The molecule has 0 aliphatic carbocycles. The molecule has 0 fully saturated rings. The Morgan fingerprint density at radius 3 is 0.589 bits per heavy atom. The first kappa shape index (κ1) is 91.7. The van der Waals surface area contributed by atoms with Crippen molar-refractivity contribution in [3.63, 3.8) is 0 Å². The van der Waals surface area contributed by atoms with Crippen molar-refractivity contribution >= 4 is 21.5 Å². The van der Waals surface area contributed by atoms with Gasteiger partial charge in [0.2, 0.25) is 0 Å². The highest BCUT2D eigenvalue weighted by atomic mass is 15.1. The summed E-state index contributed by atoms with van der Waals surface area (Å²) in [5.74, 6) is 5.38. The molecule has 0 spiro atoms. The number of aromatic nitrogens is 16. The van der Waals surface area contributed by atoms with Crippen molar-refractivity contribution in [2.45, 2.75) is 41.5 Å². The molecule has 694 valence electrons. The van der Waals surface area contributed by atoms with E-state index in [0.29, 0.717) is 52.4 Å². The van der Waals surface area contributed by atoms with Crippen molar-refractivity contribution in [3.05, 3.63) is 495 Å². The quantitative estimate of drug-likeness (QED) is 0.0690. The van der Waals surface area contributed by atoms with Crippen LogP contribution in [0, 0.1) is 41.5 Å². The number of rotatable bonds is 19. The number of aryl methyl sites for hydroxylation is 6. The van der Waals surface area contributed by atoms with Crippen LogP contribution in [0.1, 0.15) is 34.2 Å². The van der Waals surface area contributed by atoms with Gasteiger partial charge in [-0.3, -0.25) is 15.0 Å². The number of pyridine rings is 3. The standard InChI is InChI=1S/2C44H32N6.C42H30N4/c1-29-26-37(27-30(2)45-29)44-49-42(34-22-13-6-14-23-34)48-43(50-44)36-25-15-24-35(28-36)41-40(33-20-11-5-12-21-33)46-38(31-16-7-3-8-17-31)39(47-41)32-18-9-4-10-19-32;1-29-26-27-37(30(2)45-29)44-49-42(34-22-13-6-14-23-34)48-43(50-44)36-25-15-24-35(28-36)41-40(33-20-11-5-12-21-33)46-38(31-16-7-3-8-17-31)39(47-41)32-18-9-4-10-19-32;1-27-24-25-33(28(2)43-27)42-45-40(30-16-7-4-8-17-30)44-41(46-42)32-19-13-18-31(26-32)39-36-22-11-9-20-34(36)38(29-14-5-3-6-15-29)35-21-10-12-23-37(35)39/h2*3-28H,1-2H3;3-26H,1-2H3. The molecular formula is C130H94N16. The van der Waals surface area contributed by atoms with Crippen LogP contribution in [0.3, 0.4) is 0 Å². The molecule has 8 heterocycles. The Labute approximate surface area is 847 Å². The van der Waals surface area contributed by atoms with E-state index < -0.39 is 0 Å². The number of benzene rings is 16. The second kappa shape index (κ2) is 41.6. The van der Waals surface area contributed by atoms with E-state index in [2.05, 4.69) is 211 Å². The first-order valence-electron chi connectivity index (χ1n) is 48.6. The minimum Gasteiger partial charge on any atom is -0.258 e. The van der Waals surface area contributed by atoms with Crippen molar-refractivity contribution in [1.29, 1.82) is 0 Å². The zero-order valence-electron chi connectivity index (χ0n) is 81.0. The van der Waals surface area contributed by atoms with Crippen molar-refractivity contribution in [2.75, 3.05) is 0 Å². The molecule has 0 aliphatic heterocycles. The van der Waals surface area contributed by atoms with Gasteiger partial charge in [-0.1, -0.05) is 406 Å². The summed E-state index contributed by atoms with van der Waals surface area (Å²) in [5.41, 5.74) is 32.5. The van der Waals surface area contributed by atoms with E-state index in [4.69, 9.17) is 74.8 Å². The molecule has 0 N–H and O–H groups in total. The third-order valence-electron chi connectivity index (χ3n) is 25.5. The van der Waals surface area contributed by atoms with Crippen LogP contribution < -0.4 is 0 Å². The predicted octanol–water partition coefficient (Wildman–Crippen LogP) is 31.2. The van der Waals surface area contributed by atoms with E-state index in [1.54, 1.807) is 0 Å². The third-order valence-corrected chi connectivity index (χ3v) is 25.5. The van der Waals surface area contributed by atoms with Gasteiger partial charge in [0.15, 0.2) is 52.4 Å². The highest BCUT2D eigenvalue weighted by molar-refractivity contribution is 6.21. The molecule has 0 amide bonds. The molecule has 0 aliphatic rings. The van der Waals surface area contributed by atoms with E-state index in [1.165, 1.54) is 38.2 Å². The lowest BCUT2D eigenvalue weighted by molar-refractivity contribution is 1.05. The average Bonchev–Trinajstić information content (AvgIpc) is 0.739. The van der Waals surface area contributed by atoms with Crippen LogP contribution in [0.2, 0.25) is 0 Å². The molecule has 8 aromatic heterocycles. The summed E-state index contributed by atoms with van der Waals surface area (Å²) in [5, 5.41) is 4.87. The maximum Gasteiger partial charge on any atom is 0.165 e. The van der Waals surface area contributed by atoms with Gasteiger partial charge in [0.05, 0.1) is 45.6 Å². The van der Waals surface area contributed by atoms with Crippen molar-refractivity contribution < 1.29 is 0 Å². The number of nitrogens with zero attached hydrogens (tertiary/aromatic N) is 16. The molecule has 16 aromatic carbocycles. The summed E-state index contributed by atoms with van der Waals surface area (Å²) in [6, 6.07) is 157. The lowest BCUT2D eigenvalue weighted by Crippen LogP contribution is -2.03. The Hall–Kier alpha value is -19.3. The highest BCUT2D eigenvalue weighted by Gasteiger charge is 2.27. The fourth-order valence-electron chi connectivity index (χ4n) is 18.7. The second-order valence-electron chi connectivity index (χ2n) is 35.7. The normalized spacial score (nSPS) is 11.1. The summed E-state index contributed by atoms with van der Waals surface area (Å²) in [4.78, 5) is 80.5. The Balaban J connectivity index is 0.000000125. The SMILES string of the molecule is Cc1cc(-c2nc(-c3ccccc3)nc(-c3cccc(-c4nc(-c5ccccc5)c(-c5ccccc5)nc4-c4ccccc4)c3)n2)cc(C)n1.Cc1ccc(-c2nc(-c3ccccc3)nc(-c3cccc(-c4c5ccccc5c(-c5ccccc5)c5ccccc45)c3)n2)c(C)n1.Cc1ccc(-c2nc(-c3ccccc3)nc(-c3cccc(-c4nc(-c5ccccc5)c(-c5ccccc5)nc4-c4ccccc4)c3)n2)c(C)n1. The molecule has 146 heavy (non-hydrogen) atoms. The molecule has 0 atom stereocenters. The lowest BCUT2D eigenvalue weighted by Gasteiger charge is -2.18. The highest BCUT2D eigenvalue weighted by Crippen LogP contribution is 2.47. The molecule has 0 radical (unpaired) electrons. The Bertz CT molecular complexity index is 8810. The van der Waals surface area contributed by atoms with Gasteiger partial charge in [0.25, 0.3) is 0 Å². The summed E-state index contributed by atoms with van der Waals surface area (Å²) in [6.45, 7) is 11.9. The van der Waals surface area contributed by atoms with Gasteiger partial charge in [-0.25, -0.2) is 64.8 Å². The lowest BCUT2D eigenvalue weighted by atomic mass is 9.86. The monoisotopic (exact) mass is 1880 g/mol. The minimum absolute atomic E-state index is 0.564. The van der Waals surface area contributed by atoms with E-state index in [1.807, 2.05) is 296 Å². The van der Waals surface area contributed by atoms with Crippen molar-refractivity contribution in [1.82, 2.24) is 79.7 Å². The van der Waals surface area contributed by atoms with E-state index in [9.17, 15) is 0 Å². The summed E-state index contributed by atoms with van der Waals surface area (Å²) in [7, 11) is 0. The third kappa shape index (κ3) is 19.8. The Morgan fingerprint density at radius 2 is 0.315 bits per heavy atom. The number of hydrogen-bond donors (Lipinski definition) is 0. The molecule has 24 aromatic rings.